The molecule has 0 spiro atoms. The molecular formula is C17H19NO3. The van der Waals surface area contributed by atoms with Gasteiger partial charge in [-0.15, -0.1) is 0 Å². The number of benzene rings is 1. The van der Waals surface area contributed by atoms with Gasteiger partial charge in [0.25, 0.3) is 0 Å². The van der Waals surface area contributed by atoms with E-state index in [0.29, 0.717) is 12.2 Å². The molecule has 0 saturated carbocycles. The van der Waals surface area contributed by atoms with Crippen LogP contribution in [0.1, 0.15) is 22.3 Å². The van der Waals surface area contributed by atoms with Crippen LogP contribution in [0.4, 0.5) is 0 Å². The number of pyridine rings is 1. The minimum absolute atomic E-state index is 0.0124. The Morgan fingerprint density at radius 2 is 1.81 bits per heavy atom. The minimum Gasteiger partial charge on any atom is -0.497 e. The standard InChI is InChI=1S/C17H19NO3/c1-20-16-6-4-15(5-7-16)17(19)13-21-12-2-3-14-8-10-18-11-9-14/h4-11H,2-3,12-13H2,1H3. The van der Waals surface area contributed by atoms with E-state index in [0.717, 1.165) is 18.6 Å². The van der Waals surface area contributed by atoms with Crippen LogP contribution in [0.15, 0.2) is 48.8 Å². The van der Waals surface area contributed by atoms with Gasteiger partial charge >= 0.3 is 0 Å². The zero-order valence-corrected chi connectivity index (χ0v) is 12.1. The monoisotopic (exact) mass is 285 g/mol. The van der Waals surface area contributed by atoms with Crippen molar-refractivity contribution in [2.45, 2.75) is 12.8 Å². The second-order valence-corrected chi connectivity index (χ2v) is 4.66. The van der Waals surface area contributed by atoms with Crippen LogP contribution in [-0.4, -0.2) is 31.1 Å². The molecular weight excluding hydrogens is 266 g/mol. The van der Waals surface area contributed by atoms with Crippen LogP contribution in [0.2, 0.25) is 0 Å². The summed E-state index contributed by atoms with van der Waals surface area (Å²) in [6.45, 7) is 0.687. The highest BCUT2D eigenvalue weighted by molar-refractivity contribution is 5.97. The highest BCUT2D eigenvalue weighted by Gasteiger charge is 2.05. The molecule has 1 aromatic carbocycles. The van der Waals surface area contributed by atoms with Gasteiger partial charge in [0.1, 0.15) is 12.4 Å². The maximum atomic E-state index is 11.9. The van der Waals surface area contributed by atoms with Crippen molar-refractivity contribution in [2.24, 2.45) is 0 Å². The average Bonchev–Trinajstić information content (AvgIpc) is 2.55. The molecule has 1 aromatic heterocycles. The molecule has 4 heteroatoms. The lowest BCUT2D eigenvalue weighted by Crippen LogP contribution is -2.10. The molecule has 0 aliphatic heterocycles. The lowest BCUT2D eigenvalue weighted by molar-refractivity contribution is 0.0756. The summed E-state index contributed by atoms with van der Waals surface area (Å²) in [5.41, 5.74) is 1.88. The summed E-state index contributed by atoms with van der Waals surface area (Å²) < 4.78 is 10.5. The van der Waals surface area contributed by atoms with Gasteiger partial charge in [0.05, 0.1) is 7.11 Å². The van der Waals surface area contributed by atoms with Gasteiger partial charge in [-0.2, -0.15) is 0 Å². The van der Waals surface area contributed by atoms with E-state index >= 15 is 0 Å². The van der Waals surface area contributed by atoms with E-state index in [9.17, 15) is 4.79 Å². The van der Waals surface area contributed by atoms with Crippen molar-refractivity contribution >= 4 is 5.78 Å². The van der Waals surface area contributed by atoms with Crippen molar-refractivity contribution < 1.29 is 14.3 Å². The Morgan fingerprint density at radius 1 is 1.10 bits per heavy atom. The molecule has 110 valence electrons. The van der Waals surface area contributed by atoms with Crippen LogP contribution in [0.3, 0.4) is 0 Å². The molecule has 0 atom stereocenters. The van der Waals surface area contributed by atoms with E-state index in [1.54, 1.807) is 43.8 Å². The van der Waals surface area contributed by atoms with Crippen molar-refractivity contribution in [1.29, 1.82) is 0 Å². The maximum absolute atomic E-state index is 11.9. The van der Waals surface area contributed by atoms with E-state index in [-0.39, 0.29) is 12.4 Å². The predicted octanol–water partition coefficient (Wildman–Crippen LogP) is 2.92. The third kappa shape index (κ3) is 5.00. The first-order chi connectivity index (χ1) is 10.3. The zero-order valence-electron chi connectivity index (χ0n) is 12.1. The molecule has 0 unspecified atom stereocenters. The Kier molecular flexibility index (Phi) is 5.91. The van der Waals surface area contributed by atoms with Crippen LogP contribution in [0.5, 0.6) is 5.75 Å². The molecule has 1 heterocycles. The van der Waals surface area contributed by atoms with Crippen molar-refractivity contribution in [3.63, 3.8) is 0 Å². The summed E-state index contributed by atoms with van der Waals surface area (Å²) >= 11 is 0. The van der Waals surface area contributed by atoms with E-state index in [2.05, 4.69) is 4.98 Å². The van der Waals surface area contributed by atoms with Crippen LogP contribution < -0.4 is 4.74 Å². The number of nitrogens with zero attached hydrogens (tertiary/aromatic N) is 1. The number of Topliss-reactive ketones (excluding diaryl/α,β-unsaturated/α-hetero) is 1. The molecule has 0 fully saturated rings. The topological polar surface area (TPSA) is 48.4 Å². The molecule has 4 nitrogen and oxygen atoms in total. The van der Waals surface area contributed by atoms with Gasteiger partial charge < -0.3 is 9.47 Å². The van der Waals surface area contributed by atoms with Crippen LogP contribution in [0.25, 0.3) is 0 Å². The van der Waals surface area contributed by atoms with Crippen LogP contribution in [-0.2, 0) is 11.2 Å². The number of hydrogen-bond donors (Lipinski definition) is 0. The molecule has 0 radical (unpaired) electrons. The SMILES string of the molecule is COc1ccc(C(=O)COCCCc2ccncc2)cc1. The molecule has 0 amide bonds. The predicted molar refractivity (Wildman–Crippen MR) is 80.7 cm³/mol. The fourth-order valence-electron chi connectivity index (χ4n) is 1.95. The normalized spacial score (nSPS) is 10.3. The Balaban J connectivity index is 1.67. The Morgan fingerprint density at radius 3 is 2.48 bits per heavy atom. The molecule has 0 saturated heterocycles. The number of aryl methyl sites for hydroxylation is 1. The van der Waals surface area contributed by atoms with Gasteiger partial charge in [-0.3, -0.25) is 9.78 Å². The van der Waals surface area contributed by atoms with E-state index in [1.165, 1.54) is 5.56 Å². The summed E-state index contributed by atoms with van der Waals surface area (Å²) in [6.07, 6.45) is 5.38. The highest BCUT2D eigenvalue weighted by atomic mass is 16.5. The smallest absolute Gasteiger partial charge is 0.188 e. The fourth-order valence-corrected chi connectivity index (χ4v) is 1.95. The molecule has 0 bridgehead atoms. The minimum atomic E-state index is -0.0124. The molecule has 2 aromatic rings. The number of rotatable bonds is 8. The summed E-state index contributed by atoms with van der Waals surface area (Å²) in [5, 5.41) is 0. The number of hydrogen-bond acceptors (Lipinski definition) is 4. The second kappa shape index (κ2) is 8.17. The largest absolute Gasteiger partial charge is 0.497 e. The van der Waals surface area contributed by atoms with Crippen molar-refractivity contribution in [3.8, 4) is 5.75 Å². The first kappa shape index (κ1) is 15.2. The van der Waals surface area contributed by atoms with Gasteiger partial charge in [-0.25, -0.2) is 0 Å². The van der Waals surface area contributed by atoms with Crippen molar-refractivity contribution in [1.82, 2.24) is 4.98 Å². The Hall–Kier alpha value is -2.20. The molecule has 21 heavy (non-hydrogen) atoms. The summed E-state index contributed by atoms with van der Waals surface area (Å²) in [6, 6.07) is 11.0. The number of carbonyl (C=O) groups excluding carboxylic acids is 1. The highest BCUT2D eigenvalue weighted by Crippen LogP contribution is 2.11. The molecule has 0 aliphatic carbocycles. The Bertz CT molecular complexity index is 552. The molecule has 0 aliphatic rings. The number of ether oxygens (including phenoxy) is 2. The number of methoxy groups -OCH3 is 1. The van der Waals surface area contributed by atoms with Gasteiger partial charge in [-0.1, -0.05) is 0 Å². The summed E-state index contributed by atoms with van der Waals surface area (Å²) in [7, 11) is 1.60. The first-order valence-electron chi connectivity index (χ1n) is 6.93. The zero-order chi connectivity index (χ0) is 14.9. The van der Waals surface area contributed by atoms with Crippen molar-refractivity contribution in [3.05, 3.63) is 59.9 Å². The van der Waals surface area contributed by atoms with Crippen molar-refractivity contribution in [2.75, 3.05) is 20.3 Å². The third-order valence-corrected chi connectivity index (χ3v) is 3.15. The Labute approximate surface area is 124 Å². The molecule has 2 rings (SSSR count). The van der Waals surface area contributed by atoms with Gasteiger partial charge in [-0.05, 0) is 54.8 Å². The second-order valence-electron chi connectivity index (χ2n) is 4.66. The lowest BCUT2D eigenvalue weighted by atomic mass is 10.1. The van der Waals surface area contributed by atoms with Gasteiger partial charge in [0.2, 0.25) is 0 Å². The quantitative estimate of drug-likeness (QED) is 0.552. The number of carbonyl (C=O) groups is 1. The number of ketones is 1. The maximum Gasteiger partial charge on any atom is 0.188 e. The van der Waals surface area contributed by atoms with Crippen LogP contribution in [0, 0.1) is 0 Å². The average molecular weight is 285 g/mol. The fraction of sp³-hybridized carbons (Fsp3) is 0.294. The van der Waals surface area contributed by atoms with E-state index in [1.807, 2.05) is 12.1 Å². The summed E-state index contributed by atoms with van der Waals surface area (Å²) in [4.78, 5) is 15.9. The summed E-state index contributed by atoms with van der Waals surface area (Å²) in [5.74, 6) is 0.728. The molecule has 0 N–H and O–H groups in total. The van der Waals surface area contributed by atoms with E-state index in [4.69, 9.17) is 9.47 Å². The van der Waals surface area contributed by atoms with Gasteiger partial charge in [0, 0.05) is 24.6 Å². The third-order valence-electron chi connectivity index (χ3n) is 3.15. The van der Waals surface area contributed by atoms with Gasteiger partial charge in [0.15, 0.2) is 5.78 Å². The van der Waals surface area contributed by atoms with E-state index < -0.39 is 0 Å². The lowest BCUT2D eigenvalue weighted by Gasteiger charge is -2.05. The first-order valence-corrected chi connectivity index (χ1v) is 6.93. The number of aromatic nitrogens is 1. The van der Waals surface area contributed by atoms with Crippen LogP contribution >= 0.6 is 0 Å².